The van der Waals surface area contributed by atoms with Crippen LogP contribution in [0.2, 0.25) is 0 Å². The van der Waals surface area contributed by atoms with Gasteiger partial charge < -0.3 is 4.57 Å². The predicted octanol–water partition coefficient (Wildman–Crippen LogP) is 5.91. The minimum Gasteiger partial charge on any atom is -0.340 e. The van der Waals surface area contributed by atoms with Crippen LogP contribution < -0.4 is 0 Å². The Hall–Kier alpha value is -3.29. The van der Waals surface area contributed by atoms with E-state index in [0.717, 1.165) is 23.9 Å². The molecular weight excluding hydrogens is 475 g/mol. The monoisotopic (exact) mass is 504 g/mol. The minimum absolute atomic E-state index is 0.0891. The molecule has 36 heavy (non-hydrogen) atoms. The Morgan fingerprint density at radius 3 is 2.22 bits per heavy atom. The average Bonchev–Trinajstić information content (AvgIpc) is 3.16. The Kier molecular flexibility index (Phi) is 6.53. The van der Waals surface area contributed by atoms with Crippen LogP contribution in [0.25, 0.3) is 10.9 Å². The van der Waals surface area contributed by atoms with Crippen molar-refractivity contribution >= 4 is 26.7 Å². The van der Waals surface area contributed by atoms with Gasteiger partial charge in [0, 0.05) is 41.8 Å². The van der Waals surface area contributed by atoms with Gasteiger partial charge in [0.05, 0.1) is 4.90 Å². The van der Waals surface area contributed by atoms with Crippen molar-refractivity contribution in [2.24, 2.45) is 0 Å². The summed E-state index contributed by atoms with van der Waals surface area (Å²) in [5.74, 6) is -0.0883. The number of para-hydroxylation sites is 1. The summed E-state index contributed by atoms with van der Waals surface area (Å²) in [4.78, 5) is 11.8. The minimum atomic E-state index is -3.62. The van der Waals surface area contributed by atoms with Gasteiger partial charge in [0.2, 0.25) is 10.0 Å². The van der Waals surface area contributed by atoms with Crippen molar-refractivity contribution in [3.05, 3.63) is 101 Å². The van der Waals surface area contributed by atoms with E-state index in [9.17, 15) is 17.6 Å². The number of carbonyl (C=O) groups excluding carboxylic acids is 1. The highest BCUT2D eigenvalue weighted by atomic mass is 32.2. The molecule has 0 N–H and O–H groups in total. The molecule has 5 nitrogen and oxygen atoms in total. The zero-order valence-corrected chi connectivity index (χ0v) is 21.3. The van der Waals surface area contributed by atoms with Crippen LogP contribution in [-0.2, 0) is 16.6 Å². The number of hydrogen-bond acceptors (Lipinski definition) is 3. The standard InChI is InChI=1S/C29H29FN2O3S/c1-20-29(27-5-3-4-6-28(27)32(20)19-22-7-11-25(30)12-8-22)24-15-17-31(18-16-24)36(34,35)26-13-9-23(10-14-26)21(2)33/h3-14,24H,15-19H2,1-2H3. The maximum atomic E-state index is 13.4. The lowest BCUT2D eigenvalue weighted by Gasteiger charge is -2.31. The third-order valence-corrected chi connectivity index (χ3v) is 9.21. The second-order valence-corrected chi connectivity index (χ2v) is 11.4. The molecule has 1 saturated heterocycles. The van der Waals surface area contributed by atoms with E-state index in [1.54, 1.807) is 16.4 Å². The highest BCUT2D eigenvalue weighted by molar-refractivity contribution is 7.89. The number of Topliss-reactive ketones (excluding diaryl/α,β-unsaturated/α-hetero) is 1. The number of sulfonamides is 1. The van der Waals surface area contributed by atoms with E-state index in [1.165, 1.54) is 47.8 Å². The summed E-state index contributed by atoms with van der Waals surface area (Å²) in [6, 6.07) is 21.1. The second kappa shape index (κ2) is 9.64. The van der Waals surface area contributed by atoms with Crippen molar-refractivity contribution in [1.82, 2.24) is 8.87 Å². The van der Waals surface area contributed by atoms with E-state index in [0.29, 0.717) is 25.2 Å². The molecule has 0 radical (unpaired) electrons. The highest BCUT2D eigenvalue weighted by Crippen LogP contribution is 2.38. The molecule has 0 aliphatic carbocycles. The molecule has 2 heterocycles. The molecule has 3 aromatic carbocycles. The Labute approximate surface area is 211 Å². The van der Waals surface area contributed by atoms with E-state index in [4.69, 9.17) is 0 Å². The SMILES string of the molecule is CC(=O)c1ccc(S(=O)(=O)N2CCC(c3c(C)n(Cc4ccc(F)cc4)c4ccccc34)CC2)cc1. The number of carbonyl (C=O) groups is 1. The van der Waals surface area contributed by atoms with Gasteiger partial charge in [-0.2, -0.15) is 4.31 Å². The lowest BCUT2D eigenvalue weighted by molar-refractivity contribution is 0.101. The van der Waals surface area contributed by atoms with E-state index in [2.05, 4.69) is 23.6 Å². The number of hydrogen-bond donors (Lipinski definition) is 0. The molecule has 186 valence electrons. The van der Waals surface area contributed by atoms with Gasteiger partial charge in [-0.05, 0) is 74.1 Å². The molecule has 0 amide bonds. The lowest BCUT2D eigenvalue weighted by atomic mass is 9.88. The zero-order valence-electron chi connectivity index (χ0n) is 20.4. The van der Waals surface area contributed by atoms with Crippen LogP contribution in [-0.4, -0.2) is 36.2 Å². The smallest absolute Gasteiger partial charge is 0.243 e. The summed E-state index contributed by atoms with van der Waals surface area (Å²) in [5.41, 5.74) is 5.11. The fourth-order valence-corrected chi connectivity index (χ4v) is 6.81. The van der Waals surface area contributed by atoms with Crippen LogP contribution in [0.4, 0.5) is 4.39 Å². The van der Waals surface area contributed by atoms with Gasteiger partial charge in [-0.1, -0.05) is 42.5 Å². The van der Waals surface area contributed by atoms with Gasteiger partial charge in [-0.3, -0.25) is 4.79 Å². The third kappa shape index (κ3) is 4.49. The van der Waals surface area contributed by atoms with E-state index in [1.807, 2.05) is 24.3 Å². The van der Waals surface area contributed by atoms with Crippen molar-refractivity contribution in [1.29, 1.82) is 0 Å². The fourth-order valence-electron chi connectivity index (χ4n) is 5.34. The predicted molar refractivity (Wildman–Crippen MR) is 139 cm³/mol. The number of ketones is 1. The number of halogens is 1. The first-order chi connectivity index (χ1) is 17.3. The molecule has 0 atom stereocenters. The number of rotatable bonds is 6. The molecule has 1 aliphatic rings. The normalized spacial score (nSPS) is 15.4. The van der Waals surface area contributed by atoms with Gasteiger partial charge in [0.15, 0.2) is 5.78 Å². The quantitative estimate of drug-likeness (QED) is 0.307. The Bertz CT molecular complexity index is 1520. The molecule has 0 unspecified atom stereocenters. The van der Waals surface area contributed by atoms with Crippen molar-refractivity contribution in [2.45, 2.75) is 44.0 Å². The summed E-state index contributed by atoms with van der Waals surface area (Å²) in [6.45, 7) is 5.12. The molecule has 4 aromatic rings. The van der Waals surface area contributed by atoms with Gasteiger partial charge >= 0.3 is 0 Å². The maximum Gasteiger partial charge on any atom is 0.243 e. The summed E-state index contributed by atoms with van der Waals surface area (Å²) < 4.78 is 43.7. The second-order valence-electron chi connectivity index (χ2n) is 9.49. The van der Waals surface area contributed by atoms with Crippen LogP contribution in [0, 0.1) is 12.7 Å². The average molecular weight is 505 g/mol. The van der Waals surface area contributed by atoms with Crippen molar-refractivity contribution in [3.63, 3.8) is 0 Å². The maximum absolute atomic E-state index is 13.4. The molecule has 5 rings (SSSR count). The highest BCUT2D eigenvalue weighted by Gasteiger charge is 2.32. The molecule has 1 aromatic heterocycles. The fraction of sp³-hybridized carbons (Fsp3) is 0.276. The zero-order chi connectivity index (χ0) is 25.4. The summed E-state index contributed by atoms with van der Waals surface area (Å²) in [6.07, 6.45) is 1.46. The van der Waals surface area contributed by atoms with Crippen LogP contribution in [0.15, 0.2) is 77.7 Å². The number of aromatic nitrogens is 1. The van der Waals surface area contributed by atoms with Gasteiger partial charge in [-0.15, -0.1) is 0 Å². The van der Waals surface area contributed by atoms with Gasteiger partial charge in [0.1, 0.15) is 5.82 Å². The Balaban J connectivity index is 1.39. The molecule has 1 fully saturated rings. The molecule has 0 bridgehead atoms. The number of piperidine rings is 1. The van der Waals surface area contributed by atoms with E-state index >= 15 is 0 Å². The first kappa shape index (κ1) is 24.4. The van der Waals surface area contributed by atoms with Crippen LogP contribution >= 0.6 is 0 Å². The lowest BCUT2D eigenvalue weighted by Crippen LogP contribution is -2.38. The third-order valence-electron chi connectivity index (χ3n) is 7.29. The topological polar surface area (TPSA) is 59.4 Å². The van der Waals surface area contributed by atoms with E-state index < -0.39 is 10.0 Å². The van der Waals surface area contributed by atoms with Gasteiger partial charge in [-0.25, -0.2) is 12.8 Å². The van der Waals surface area contributed by atoms with Crippen molar-refractivity contribution in [3.8, 4) is 0 Å². The molecular formula is C29H29FN2O3S. The first-order valence-corrected chi connectivity index (χ1v) is 13.6. The van der Waals surface area contributed by atoms with Gasteiger partial charge in [0.25, 0.3) is 0 Å². The molecule has 0 spiro atoms. The number of fused-ring (bicyclic) bond motifs is 1. The largest absolute Gasteiger partial charge is 0.340 e. The summed E-state index contributed by atoms with van der Waals surface area (Å²) >= 11 is 0. The number of benzene rings is 3. The van der Waals surface area contributed by atoms with Crippen molar-refractivity contribution < 1.29 is 17.6 Å². The molecule has 0 saturated carbocycles. The Morgan fingerprint density at radius 1 is 0.944 bits per heavy atom. The van der Waals surface area contributed by atoms with Crippen molar-refractivity contribution in [2.75, 3.05) is 13.1 Å². The summed E-state index contributed by atoms with van der Waals surface area (Å²) in [5, 5.41) is 1.19. The van der Waals surface area contributed by atoms with Crippen LogP contribution in [0.3, 0.4) is 0 Å². The van der Waals surface area contributed by atoms with Crippen LogP contribution in [0.1, 0.15) is 52.9 Å². The number of nitrogens with zero attached hydrogens (tertiary/aromatic N) is 2. The summed E-state index contributed by atoms with van der Waals surface area (Å²) in [7, 11) is -3.62. The first-order valence-electron chi connectivity index (χ1n) is 12.2. The van der Waals surface area contributed by atoms with E-state index in [-0.39, 0.29) is 22.4 Å². The molecule has 1 aliphatic heterocycles. The van der Waals surface area contributed by atoms with Crippen LogP contribution in [0.5, 0.6) is 0 Å². The molecule has 7 heteroatoms. The Morgan fingerprint density at radius 2 is 1.58 bits per heavy atom.